The number of hydrogen-bond donors (Lipinski definition) is 0. The summed E-state index contributed by atoms with van der Waals surface area (Å²) < 4.78 is 19.3. The van der Waals surface area contributed by atoms with Crippen molar-refractivity contribution < 1.29 is 28.5 Å². The van der Waals surface area contributed by atoms with Gasteiger partial charge in [0.15, 0.2) is 0 Å². The van der Waals surface area contributed by atoms with Crippen molar-refractivity contribution in [3.05, 3.63) is 23.0 Å². The fourth-order valence-electron chi connectivity index (χ4n) is 1.36. The molecule has 0 aromatic heterocycles. The highest BCUT2D eigenvalue weighted by Gasteiger charge is 2.39. The molecule has 0 unspecified atom stereocenters. The van der Waals surface area contributed by atoms with Crippen LogP contribution in [0.2, 0.25) is 0 Å². The topological polar surface area (TPSA) is 71.1 Å². The van der Waals surface area contributed by atoms with Crippen LogP contribution in [0.15, 0.2) is 23.0 Å². The quantitative estimate of drug-likeness (QED) is 0.638. The molecular formula is C10H12O6. The molecule has 0 N–H and O–H groups in total. The Bertz CT molecular complexity index is 320. The van der Waals surface area contributed by atoms with Gasteiger partial charge >= 0.3 is 0 Å². The molecule has 0 bridgehead atoms. The molecule has 6 nitrogen and oxygen atoms in total. The highest BCUT2D eigenvalue weighted by Crippen LogP contribution is 2.26. The van der Waals surface area contributed by atoms with Gasteiger partial charge in [-0.2, -0.15) is 0 Å². The van der Waals surface area contributed by atoms with E-state index in [0.29, 0.717) is 0 Å². The molecule has 88 valence electrons. The van der Waals surface area contributed by atoms with Crippen molar-refractivity contribution in [1.29, 1.82) is 0 Å². The van der Waals surface area contributed by atoms with Gasteiger partial charge in [0.2, 0.25) is 23.0 Å². The van der Waals surface area contributed by atoms with Gasteiger partial charge in [0, 0.05) is 0 Å². The standard InChI is InChI=1S/C10H12O6/c1-13-7-5(11)9(15-3)10(16-4)6(12)8(7)14-2/h1-4H3. The van der Waals surface area contributed by atoms with Crippen LogP contribution in [0.25, 0.3) is 0 Å². The zero-order valence-corrected chi connectivity index (χ0v) is 9.45. The molecule has 0 radical (unpaired) electrons. The lowest BCUT2D eigenvalue weighted by Gasteiger charge is -2.19. The van der Waals surface area contributed by atoms with Gasteiger partial charge in [0.1, 0.15) is 0 Å². The summed E-state index contributed by atoms with van der Waals surface area (Å²) in [7, 11) is 5.07. The van der Waals surface area contributed by atoms with E-state index >= 15 is 0 Å². The molecule has 16 heavy (non-hydrogen) atoms. The van der Waals surface area contributed by atoms with Gasteiger partial charge in [0.25, 0.3) is 11.6 Å². The second-order valence-electron chi connectivity index (χ2n) is 2.79. The van der Waals surface area contributed by atoms with E-state index in [1.165, 1.54) is 28.4 Å². The van der Waals surface area contributed by atoms with E-state index in [0.717, 1.165) is 0 Å². The molecule has 0 spiro atoms. The monoisotopic (exact) mass is 228 g/mol. The van der Waals surface area contributed by atoms with Crippen LogP contribution in [0.1, 0.15) is 0 Å². The molecule has 0 saturated heterocycles. The second-order valence-corrected chi connectivity index (χ2v) is 2.79. The predicted molar refractivity (Wildman–Crippen MR) is 52.1 cm³/mol. The average molecular weight is 228 g/mol. The summed E-state index contributed by atoms with van der Waals surface area (Å²) in [6.07, 6.45) is 0. The van der Waals surface area contributed by atoms with Crippen LogP contribution < -0.4 is 0 Å². The van der Waals surface area contributed by atoms with Crippen molar-refractivity contribution in [3.8, 4) is 0 Å². The van der Waals surface area contributed by atoms with Crippen molar-refractivity contribution in [3.63, 3.8) is 0 Å². The Labute approximate surface area is 92.4 Å². The number of carbonyl (C=O) groups is 2. The SMILES string of the molecule is COC1=C(OC)C(=O)C(OC)=C(OC)C1=O. The van der Waals surface area contributed by atoms with Crippen LogP contribution in [0.3, 0.4) is 0 Å². The van der Waals surface area contributed by atoms with Crippen LogP contribution in [0, 0.1) is 0 Å². The molecule has 0 aromatic rings. The van der Waals surface area contributed by atoms with Crippen LogP contribution in [0.5, 0.6) is 0 Å². The number of carbonyl (C=O) groups excluding carboxylic acids is 2. The fraction of sp³-hybridized carbons (Fsp3) is 0.400. The third kappa shape index (κ3) is 1.62. The van der Waals surface area contributed by atoms with Crippen molar-refractivity contribution in [2.75, 3.05) is 28.4 Å². The van der Waals surface area contributed by atoms with Crippen molar-refractivity contribution in [1.82, 2.24) is 0 Å². The Balaban J connectivity index is 3.35. The Morgan fingerprint density at radius 1 is 0.562 bits per heavy atom. The Morgan fingerprint density at radius 3 is 0.875 bits per heavy atom. The molecule has 1 rings (SSSR count). The normalized spacial score (nSPS) is 16.5. The molecule has 0 aromatic carbocycles. The first kappa shape index (κ1) is 12.1. The molecule has 0 fully saturated rings. The van der Waals surface area contributed by atoms with Crippen molar-refractivity contribution >= 4 is 11.6 Å². The molecule has 0 saturated carbocycles. The summed E-state index contributed by atoms with van der Waals surface area (Å²) in [5.74, 6) is -1.93. The largest absolute Gasteiger partial charge is 0.489 e. The average Bonchev–Trinajstić information content (AvgIpc) is 2.30. The lowest BCUT2D eigenvalue weighted by Crippen LogP contribution is -2.27. The van der Waals surface area contributed by atoms with Gasteiger partial charge in [0.05, 0.1) is 28.4 Å². The maximum atomic E-state index is 11.8. The molecule has 6 heteroatoms. The minimum Gasteiger partial charge on any atom is -0.489 e. The fourth-order valence-corrected chi connectivity index (χ4v) is 1.36. The number of methoxy groups -OCH3 is 4. The number of rotatable bonds is 4. The maximum Gasteiger partial charge on any atom is 0.270 e. The summed E-state index contributed by atoms with van der Waals surface area (Å²) in [6.45, 7) is 0. The van der Waals surface area contributed by atoms with Gasteiger partial charge in [-0.15, -0.1) is 0 Å². The van der Waals surface area contributed by atoms with E-state index < -0.39 is 11.6 Å². The number of ketones is 2. The third-order valence-electron chi connectivity index (χ3n) is 2.05. The second kappa shape index (κ2) is 4.69. The van der Waals surface area contributed by atoms with Crippen molar-refractivity contribution in [2.24, 2.45) is 0 Å². The number of Topliss-reactive ketones (excluding diaryl/α,β-unsaturated/α-hetero) is 2. The minimum absolute atomic E-state index is 0.190. The number of hydrogen-bond acceptors (Lipinski definition) is 6. The van der Waals surface area contributed by atoms with Gasteiger partial charge in [-0.25, -0.2) is 0 Å². The van der Waals surface area contributed by atoms with E-state index in [-0.39, 0.29) is 23.0 Å². The molecule has 1 aliphatic carbocycles. The van der Waals surface area contributed by atoms with Gasteiger partial charge < -0.3 is 18.9 Å². The smallest absolute Gasteiger partial charge is 0.270 e. The van der Waals surface area contributed by atoms with Gasteiger partial charge in [-0.3, -0.25) is 9.59 Å². The summed E-state index contributed by atoms with van der Waals surface area (Å²) in [6, 6.07) is 0. The molecule has 0 amide bonds. The van der Waals surface area contributed by atoms with Gasteiger partial charge in [-0.1, -0.05) is 0 Å². The van der Waals surface area contributed by atoms with Gasteiger partial charge in [-0.05, 0) is 0 Å². The molecule has 0 aliphatic heterocycles. The van der Waals surface area contributed by atoms with Crippen molar-refractivity contribution in [2.45, 2.75) is 0 Å². The highest BCUT2D eigenvalue weighted by molar-refractivity contribution is 6.21. The van der Waals surface area contributed by atoms with Crippen LogP contribution in [-0.2, 0) is 28.5 Å². The van der Waals surface area contributed by atoms with E-state index in [4.69, 9.17) is 18.9 Å². The minimum atomic E-state index is -0.585. The predicted octanol–water partition coefficient (Wildman–Crippen LogP) is 0.147. The number of ether oxygens (including phenoxy) is 4. The molecule has 1 aliphatic rings. The van der Waals surface area contributed by atoms with E-state index in [1.54, 1.807) is 0 Å². The highest BCUT2D eigenvalue weighted by atomic mass is 16.5. The Morgan fingerprint density at radius 2 is 0.750 bits per heavy atom. The molecular weight excluding hydrogens is 216 g/mol. The lowest BCUT2D eigenvalue weighted by atomic mass is 10.1. The Hall–Kier alpha value is -1.98. The summed E-state index contributed by atoms with van der Waals surface area (Å²) in [5, 5.41) is 0. The summed E-state index contributed by atoms with van der Waals surface area (Å²) >= 11 is 0. The van der Waals surface area contributed by atoms with E-state index in [1.807, 2.05) is 0 Å². The van der Waals surface area contributed by atoms with E-state index in [2.05, 4.69) is 0 Å². The van der Waals surface area contributed by atoms with Crippen LogP contribution in [-0.4, -0.2) is 40.0 Å². The zero-order chi connectivity index (χ0) is 12.3. The maximum absolute atomic E-state index is 11.8. The van der Waals surface area contributed by atoms with Crippen LogP contribution in [0.4, 0.5) is 0 Å². The summed E-state index contributed by atoms with van der Waals surface area (Å²) in [4.78, 5) is 23.6. The third-order valence-corrected chi connectivity index (χ3v) is 2.05. The van der Waals surface area contributed by atoms with Crippen LogP contribution >= 0.6 is 0 Å². The zero-order valence-electron chi connectivity index (χ0n) is 9.45. The first-order valence-electron chi connectivity index (χ1n) is 4.36. The molecule has 0 heterocycles. The Kier molecular flexibility index (Phi) is 3.55. The molecule has 0 atom stereocenters. The lowest BCUT2D eigenvalue weighted by molar-refractivity contribution is -0.125. The first-order chi connectivity index (χ1) is 7.62. The first-order valence-corrected chi connectivity index (χ1v) is 4.36. The van der Waals surface area contributed by atoms with E-state index in [9.17, 15) is 9.59 Å². The summed E-state index contributed by atoms with van der Waals surface area (Å²) in [5.41, 5.74) is 0.